The monoisotopic (exact) mass is 340 g/mol. The van der Waals surface area contributed by atoms with Crippen LogP contribution in [0.3, 0.4) is 0 Å². The van der Waals surface area contributed by atoms with Gasteiger partial charge in [0.1, 0.15) is 11.8 Å². The predicted octanol–water partition coefficient (Wildman–Crippen LogP) is 1.59. The Bertz CT molecular complexity index is 658. The van der Waals surface area contributed by atoms with E-state index in [0.29, 0.717) is 19.4 Å². The molecular weight excluding hydrogens is 316 g/mol. The molecule has 1 aliphatic rings. The Morgan fingerprint density at radius 1 is 1.35 bits per heavy atom. The van der Waals surface area contributed by atoms with Crippen LogP contribution in [0.25, 0.3) is 0 Å². The second-order valence-electron chi connectivity index (χ2n) is 6.31. The number of amides is 1. The predicted molar refractivity (Wildman–Crippen MR) is 88.7 cm³/mol. The molecule has 1 aliphatic heterocycles. The van der Waals surface area contributed by atoms with Crippen molar-refractivity contribution in [3.05, 3.63) is 29.8 Å². The molecule has 0 aliphatic carbocycles. The fraction of sp³-hybridized carbons (Fsp3) is 0.562. The molecule has 6 nitrogen and oxygen atoms in total. The van der Waals surface area contributed by atoms with E-state index >= 15 is 0 Å². The van der Waals surface area contributed by atoms with Crippen molar-refractivity contribution in [1.29, 1.82) is 0 Å². The van der Waals surface area contributed by atoms with Gasteiger partial charge in [0.15, 0.2) is 0 Å². The van der Waals surface area contributed by atoms with E-state index in [2.05, 4.69) is 10.0 Å². The molecule has 0 saturated carbocycles. The topological polar surface area (TPSA) is 84.5 Å². The highest BCUT2D eigenvalue weighted by Crippen LogP contribution is 2.31. The maximum atomic E-state index is 12.6. The van der Waals surface area contributed by atoms with Crippen molar-refractivity contribution in [2.24, 2.45) is 5.92 Å². The van der Waals surface area contributed by atoms with E-state index in [9.17, 15) is 13.2 Å². The number of carbonyl (C=O) groups is 1. The zero-order valence-electron chi connectivity index (χ0n) is 13.7. The second kappa shape index (κ2) is 7.31. The Morgan fingerprint density at radius 3 is 2.70 bits per heavy atom. The standard InChI is InChI=1S/C16H24N2O4S/c1-11(2)10-14(18-23(3,20)21)16(19)17-13-8-9-22-15-7-5-4-6-12(13)15/h4-7,11,13-14,18H,8-10H2,1-3H3,(H,17,19)/t13-,14+/m0/s1. The van der Waals surface area contributed by atoms with Gasteiger partial charge in [0, 0.05) is 12.0 Å². The van der Waals surface area contributed by atoms with E-state index in [0.717, 1.165) is 17.6 Å². The highest BCUT2D eigenvalue weighted by Gasteiger charge is 2.28. The molecular formula is C16H24N2O4S. The summed E-state index contributed by atoms with van der Waals surface area (Å²) in [7, 11) is -3.45. The Kier molecular flexibility index (Phi) is 5.64. The molecule has 0 bridgehead atoms. The molecule has 2 rings (SSSR count). The summed E-state index contributed by atoms with van der Waals surface area (Å²) in [6.45, 7) is 4.43. The minimum atomic E-state index is -3.45. The molecule has 23 heavy (non-hydrogen) atoms. The summed E-state index contributed by atoms with van der Waals surface area (Å²) in [5, 5.41) is 2.96. The van der Waals surface area contributed by atoms with Crippen molar-refractivity contribution in [2.75, 3.05) is 12.9 Å². The number of hydrogen-bond donors (Lipinski definition) is 2. The Balaban J connectivity index is 2.12. The van der Waals surface area contributed by atoms with Gasteiger partial charge in [0.2, 0.25) is 15.9 Å². The summed E-state index contributed by atoms with van der Waals surface area (Å²) in [6, 6.07) is 6.64. The zero-order valence-corrected chi connectivity index (χ0v) is 14.5. The average molecular weight is 340 g/mol. The summed E-state index contributed by atoms with van der Waals surface area (Å²) < 4.78 is 31.0. The van der Waals surface area contributed by atoms with Crippen LogP contribution in [0.1, 0.15) is 38.3 Å². The number of rotatable bonds is 6. The molecule has 0 spiro atoms. The van der Waals surface area contributed by atoms with Crippen LogP contribution >= 0.6 is 0 Å². The van der Waals surface area contributed by atoms with Gasteiger partial charge in [-0.2, -0.15) is 0 Å². The number of benzene rings is 1. The first-order valence-electron chi connectivity index (χ1n) is 7.75. The lowest BCUT2D eigenvalue weighted by atomic mass is 9.99. The molecule has 1 amide bonds. The summed E-state index contributed by atoms with van der Waals surface area (Å²) in [5.41, 5.74) is 0.926. The highest BCUT2D eigenvalue weighted by molar-refractivity contribution is 7.88. The fourth-order valence-electron chi connectivity index (χ4n) is 2.70. The molecule has 128 valence electrons. The van der Waals surface area contributed by atoms with Crippen molar-refractivity contribution < 1.29 is 17.9 Å². The number of carbonyl (C=O) groups excluding carboxylic acids is 1. The maximum absolute atomic E-state index is 12.6. The van der Waals surface area contributed by atoms with Crippen LogP contribution in [-0.2, 0) is 14.8 Å². The molecule has 1 aromatic rings. The number of para-hydroxylation sites is 1. The molecule has 0 aromatic heterocycles. The van der Waals surface area contributed by atoms with Gasteiger partial charge < -0.3 is 10.1 Å². The minimum Gasteiger partial charge on any atom is -0.493 e. The Morgan fingerprint density at radius 2 is 2.04 bits per heavy atom. The van der Waals surface area contributed by atoms with Gasteiger partial charge in [-0.05, 0) is 18.4 Å². The summed E-state index contributed by atoms with van der Waals surface area (Å²) in [5.74, 6) is 0.660. The largest absolute Gasteiger partial charge is 0.493 e. The SMILES string of the molecule is CC(C)C[C@@H](NS(C)(=O)=O)C(=O)N[C@H]1CCOc2ccccc21. The van der Waals surface area contributed by atoms with Crippen LogP contribution in [0.15, 0.2) is 24.3 Å². The summed E-state index contributed by atoms with van der Waals surface area (Å²) >= 11 is 0. The zero-order chi connectivity index (χ0) is 17.0. The first-order chi connectivity index (χ1) is 10.8. The minimum absolute atomic E-state index is 0.163. The highest BCUT2D eigenvalue weighted by atomic mass is 32.2. The van der Waals surface area contributed by atoms with Gasteiger partial charge in [0.25, 0.3) is 0 Å². The number of fused-ring (bicyclic) bond motifs is 1. The van der Waals surface area contributed by atoms with Crippen molar-refractivity contribution in [3.8, 4) is 5.75 Å². The third kappa shape index (κ3) is 5.21. The van der Waals surface area contributed by atoms with Gasteiger partial charge in [-0.25, -0.2) is 13.1 Å². The van der Waals surface area contributed by atoms with Crippen LogP contribution in [0.2, 0.25) is 0 Å². The number of hydrogen-bond acceptors (Lipinski definition) is 4. The summed E-state index contributed by atoms with van der Waals surface area (Å²) in [4.78, 5) is 12.6. The molecule has 0 radical (unpaired) electrons. The van der Waals surface area contributed by atoms with Crippen LogP contribution < -0.4 is 14.8 Å². The Hall–Kier alpha value is -1.60. The van der Waals surface area contributed by atoms with Crippen LogP contribution in [0.5, 0.6) is 5.75 Å². The molecule has 0 fully saturated rings. The lowest BCUT2D eigenvalue weighted by molar-refractivity contribution is -0.124. The first kappa shape index (κ1) is 17.7. The molecule has 2 N–H and O–H groups in total. The molecule has 1 aromatic carbocycles. The smallest absolute Gasteiger partial charge is 0.238 e. The van der Waals surface area contributed by atoms with Gasteiger partial charge in [-0.3, -0.25) is 4.79 Å². The molecule has 2 atom stereocenters. The molecule has 0 unspecified atom stereocenters. The van der Waals surface area contributed by atoms with E-state index in [4.69, 9.17) is 4.74 Å². The van der Waals surface area contributed by atoms with Gasteiger partial charge in [-0.1, -0.05) is 32.0 Å². The second-order valence-corrected chi connectivity index (χ2v) is 8.09. The fourth-order valence-corrected chi connectivity index (χ4v) is 3.42. The molecule has 0 saturated heterocycles. The van der Waals surface area contributed by atoms with Gasteiger partial charge >= 0.3 is 0 Å². The van der Waals surface area contributed by atoms with E-state index in [1.54, 1.807) is 0 Å². The van der Waals surface area contributed by atoms with E-state index in [1.807, 2.05) is 38.1 Å². The van der Waals surface area contributed by atoms with Crippen molar-refractivity contribution in [2.45, 2.75) is 38.8 Å². The molecule has 1 heterocycles. The van der Waals surface area contributed by atoms with Crippen molar-refractivity contribution in [3.63, 3.8) is 0 Å². The third-order valence-corrected chi connectivity index (χ3v) is 4.37. The van der Waals surface area contributed by atoms with Crippen molar-refractivity contribution in [1.82, 2.24) is 10.0 Å². The number of sulfonamides is 1. The van der Waals surface area contributed by atoms with E-state index < -0.39 is 16.1 Å². The third-order valence-electron chi connectivity index (χ3n) is 3.65. The van der Waals surface area contributed by atoms with Gasteiger partial charge in [-0.15, -0.1) is 0 Å². The van der Waals surface area contributed by atoms with Crippen molar-refractivity contribution >= 4 is 15.9 Å². The van der Waals surface area contributed by atoms with Gasteiger partial charge in [0.05, 0.1) is 18.9 Å². The average Bonchev–Trinajstić information content (AvgIpc) is 2.45. The van der Waals surface area contributed by atoms with E-state index in [1.165, 1.54) is 0 Å². The normalized spacial score (nSPS) is 18.9. The lowest BCUT2D eigenvalue weighted by Gasteiger charge is -2.28. The van der Waals surface area contributed by atoms with Crippen LogP contribution in [0, 0.1) is 5.92 Å². The Labute approximate surface area is 137 Å². The number of ether oxygens (including phenoxy) is 1. The lowest BCUT2D eigenvalue weighted by Crippen LogP contribution is -2.48. The quantitative estimate of drug-likeness (QED) is 0.824. The summed E-state index contributed by atoms with van der Waals surface area (Å²) in [6.07, 6.45) is 2.18. The maximum Gasteiger partial charge on any atom is 0.238 e. The van der Waals surface area contributed by atoms with Crippen LogP contribution in [0.4, 0.5) is 0 Å². The van der Waals surface area contributed by atoms with E-state index in [-0.39, 0.29) is 17.9 Å². The first-order valence-corrected chi connectivity index (χ1v) is 9.65. The van der Waals surface area contributed by atoms with Crippen LogP contribution in [-0.4, -0.2) is 33.2 Å². The molecule has 7 heteroatoms. The number of nitrogens with one attached hydrogen (secondary N) is 2.